The summed E-state index contributed by atoms with van der Waals surface area (Å²) in [5.41, 5.74) is 8.92. The molecular weight excluding hydrogens is 246 g/mol. The standard InChI is InChI=1S/C18H27NO/c1-3-4-14-7-9-18(10-8-14)12-16(19)15-11-13(2)5-6-17(15)20-18/h5-6,11,14,16H,3-4,7-10,12,19H2,1-2H3. The highest BCUT2D eigenvalue weighted by Gasteiger charge is 2.42. The van der Waals surface area contributed by atoms with Crippen LogP contribution in [0.2, 0.25) is 0 Å². The molecule has 2 nitrogen and oxygen atoms in total. The van der Waals surface area contributed by atoms with Crippen molar-refractivity contribution in [3.05, 3.63) is 29.3 Å². The highest BCUT2D eigenvalue weighted by molar-refractivity contribution is 5.41. The number of benzene rings is 1. The average molecular weight is 273 g/mol. The third kappa shape index (κ3) is 2.58. The zero-order valence-electron chi connectivity index (χ0n) is 12.8. The van der Waals surface area contributed by atoms with Crippen LogP contribution in [0.4, 0.5) is 0 Å². The van der Waals surface area contributed by atoms with Gasteiger partial charge in [-0.05, 0) is 44.6 Å². The van der Waals surface area contributed by atoms with E-state index in [4.69, 9.17) is 10.5 Å². The summed E-state index contributed by atoms with van der Waals surface area (Å²) in [5.74, 6) is 1.94. The molecule has 0 saturated heterocycles. The van der Waals surface area contributed by atoms with Crippen molar-refractivity contribution in [2.45, 2.75) is 70.4 Å². The van der Waals surface area contributed by atoms with Crippen molar-refractivity contribution in [3.63, 3.8) is 0 Å². The van der Waals surface area contributed by atoms with E-state index in [1.165, 1.54) is 49.7 Å². The van der Waals surface area contributed by atoms with Gasteiger partial charge in [0, 0.05) is 18.0 Å². The maximum atomic E-state index is 6.43. The van der Waals surface area contributed by atoms with Crippen molar-refractivity contribution < 1.29 is 4.74 Å². The van der Waals surface area contributed by atoms with Crippen LogP contribution >= 0.6 is 0 Å². The normalized spacial score (nSPS) is 32.8. The second-order valence-corrected chi connectivity index (χ2v) is 6.87. The number of ether oxygens (including phenoxy) is 1. The molecule has 1 aromatic carbocycles. The fraction of sp³-hybridized carbons (Fsp3) is 0.667. The van der Waals surface area contributed by atoms with Crippen LogP contribution in [-0.2, 0) is 0 Å². The number of hydrogen-bond donors (Lipinski definition) is 1. The van der Waals surface area contributed by atoms with Gasteiger partial charge in [-0.25, -0.2) is 0 Å². The van der Waals surface area contributed by atoms with E-state index in [1.807, 2.05) is 0 Å². The summed E-state index contributed by atoms with van der Waals surface area (Å²) >= 11 is 0. The molecule has 1 heterocycles. The Labute approximate surface area is 122 Å². The summed E-state index contributed by atoms with van der Waals surface area (Å²) < 4.78 is 6.43. The van der Waals surface area contributed by atoms with Gasteiger partial charge in [0.05, 0.1) is 0 Å². The van der Waals surface area contributed by atoms with E-state index in [1.54, 1.807) is 0 Å². The van der Waals surface area contributed by atoms with Crippen LogP contribution in [-0.4, -0.2) is 5.60 Å². The minimum absolute atomic E-state index is 0.0198. The van der Waals surface area contributed by atoms with Gasteiger partial charge >= 0.3 is 0 Å². The molecule has 1 spiro atoms. The molecule has 1 aromatic rings. The quantitative estimate of drug-likeness (QED) is 0.860. The van der Waals surface area contributed by atoms with Gasteiger partial charge in [0.2, 0.25) is 0 Å². The SMILES string of the molecule is CCCC1CCC2(CC1)CC(N)c1cc(C)ccc1O2. The summed E-state index contributed by atoms with van der Waals surface area (Å²) in [6.07, 6.45) is 8.64. The van der Waals surface area contributed by atoms with Crippen molar-refractivity contribution in [1.29, 1.82) is 0 Å². The van der Waals surface area contributed by atoms with Gasteiger partial charge in [-0.2, -0.15) is 0 Å². The van der Waals surface area contributed by atoms with Crippen LogP contribution in [0.15, 0.2) is 18.2 Å². The van der Waals surface area contributed by atoms with Crippen LogP contribution in [0.1, 0.15) is 69.0 Å². The number of nitrogens with two attached hydrogens (primary N) is 1. The minimum atomic E-state index is 0.0198. The largest absolute Gasteiger partial charge is 0.487 e. The number of aryl methyl sites for hydroxylation is 1. The van der Waals surface area contributed by atoms with Crippen molar-refractivity contribution in [2.24, 2.45) is 11.7 Å². The monoisotopic (exact) mass is 273 g/mol. The summed E-state index contributed by atoms with van der Waals surface area (Å²) in [7, 11) is 0. The molecule has 1 unspecified atom stereocenters. The Morgan fingerprint density at radius 1 is 1.30 bits per heavy atom. The van der Waals surface area contributed by atoms with Crippen LogP contribution in [0.3, 0.4) is 0 Å². The Hall–Kier alpha value is -1.02. The Morgan fingerprint density at radius 3 is 2.75 bits per heavy atom. The number of hydrogen-bond acceptors (Lipinski definition) is 2. The average Bonchev–Trinajstić information content (AvgIpc) is 2.43. The molecule has 2 N–H and O–H groups in total. The molecule has 0 radical (unpaired) electrons. The molecule has 1 atom stereocenters. The first-order valence-corrected chi connectivity index (χ1v) is 8.17. The number of rotatable bonds is 2. The first kappa shape index (κ1) is 13.9. The van der Waals surface area contributed by atoms with Gasteiger partial charge < -0.3 is 10.5 Å². The fourth-order valence-corrected chi connectivity index (χ4v) is 4.04. The second kappa shape index (κ2) is 5.40. The highest BCUT2D eigenvalue weighted by atomic mass is 16.5. The Morgan fingerprint density at radius 2 is 2.05 bits per heavy atom. The third-order valence-electron chi connectivity index (χ3n) is 5.20. The lowest BCUT2D eigenvalue weighted by Gasteiger charge is -2.45. The van der Waals surface area contributed by atoms with Gasteiger partial charge in [-0.1, -0.05) is 37.5 Å². The van der Waals surface area contributed by atoms with E-state index in [0.29, 0.717) is 0 Å². The summed E-state index contributed by atoms with van der Waals surface area (Å²) in [6.45, 7) is 4.41. The fourth-order valence-electron chi connectivity index (χ4n) is 4.04. The van der Waals surface area contributed by atoms with E-state index in [-0.39, 0.29) is 11.6 Å². The highest BCUT2D eigenvalue weighted by Crippen LogP contribution is 2.47. The predicted octanol–water partition coefficient (Wildman–Crippen LogP) is 4.51. The van der Waals surface area contributed by atoms with Gasteiger partial charge in [0.1, 0.15) is 11.4 Å². The summed E-state index contributed by atoms with van der Waals surface area (Å²) in [5, 5.41) is 0. The maximum Gasteiger partial charge on any atom is 0.124 e. The lowest BCUT2D eigenvalue weighted by Crippen LogP contribution is -2.45. The third-order valence-corrected chi connectivity index (χ3v) is 5.20. The molecule has 2 heteroatoms. The first-order chi connectivity index (χ1) is 9.62. The van der Waals surface area contributed by atoms with E-state index >= 15 is 0 Å². The van der Waals surface area contributed by atoms with E-state index in [2.05, 4.69) is 32.0 Å². The van der Waals surface area contributed by atoms with Crippen LogP contribution in [0.5, 0.6) is 5.75 Å². The van der Waals surface area contributed by atoms with Gasteiger partial charge in [-0.15, -0.1) is 0 Å². The van der Waals surface area contributed by atoms with Crippen LogP contribution in [0, 0.1) is 12.8 Å². The molecule has 0 aromatic heterocycles. The van der Waals surface area contributed by atoms with Crippen molar-refractivity contribution in [1.82, 2.24) is 0 Å². The molecule has 0 bridgehead atoms. The predicted molar refractivity (Wildman–Crippen MR) is 82.9 cm³/mol. The molecule has 110 valence electrons. The van der Waals surface area contributed by atoms with E-state index in [9.17, 15) is 0 Å². The van der Waals surface area contributed by atoms with Crippen molar-refractivity contribution in [3.8, 4) is 5.75 Å². The van der Waals surface area contributed by atoms with Crippen LogP contribution < -0.4 is 10.5 Å². The van der Waals surface area contributed by atoms with E-state index in [0.717, 1.165) is 18.1 Å². The Bertz CT molecular complexity index is 474. The molecule has 1 aliphatic heterocycles. The van der Waals surface area contributed by atoms with Crippen molar-refractivity contribution in [2.75, 3.05) is 0 Å². The van der Waals surface area contributed by atoms with Gasteiger partial charge in [-0.3, -0.25) is 0 Å². The Kier molecular flexibility index (Phi) is 3.76. The second-order valence-electron chi connectivity index (χ2n) is 6.87. The molecular formula is C18H27NO. The molecule has 1 aliphatic carbocycles. The van der Waals surface area contributed by atoms with Gasteiger partial charge in [0.15, 0.2) is 0 Å². The first-order valence-electron chi connectivity index (χ1n) is 8.17. The number of fused-ring (bicyclic) bond motifs is 1. The molecule has 0 amide bonds. The smallest absolute Gasteiger partial charge is 0.124 e. The lowest BCUT2D eigenvalue weighted by molar-refractivity contribution is -0.0116. The Balaban J connectivity index is 1.76. The summed E-state index contributed by atoms with van der Waals surface area (Å²) in [6, 6.07) is 6.58. The zero-order chi connectivity index (χ0) is 14.2. The van der Waals surface area contributed by atoms with Crippen molar-refractivity contribution >= 4 is 0 Å². The molecule has 2 aliphatic rings. The topological polar surface area (TPSA) is 35.2 Å². The zero-order valence-corrected chi connectivity index (χ0v) is 12.8. The lowest BCUT2D eigenvalue weighted by atomic mass is 9.72. The summed E-state index contributed by atoms with van der Waals surface area (Å²) in [4.78, 5) is 0. The van der Waals surface area contributed by atoms with E-state index < -0.39 is 0 Å². The molecule has 1 saturated carbocycles. The molecule has 1 fully saturated rings. The van der Waals surface area contributed by atoms with Gasteiger partial charge in [0.25, 0.3) is 0 Å². The molecule has 3 rings (SSSR count). The molecule has 20 heavy (non-hydrogen) atoms. The van der Waals surface area contributed by atoms with Crippen LogP contribution in [0.25, 0.3) is 0 Å². The maximum absolute atomic E-state index is 6.43. The minimum Gasteiger partial charge on any atom is -0.487 e.